The van der Waals surface area contributed by atoms with Gasteiger partial charge >= 0.3 is 0 Å². The Kier molecular flexibility index (Phi) is 2.68. The van der Waals surface area contributed by atoms with Crippen LogP contribution in [0.3, 0.4) is 0 Å². The Morgan fingerprint density at radius 1 is 1.42 bits per heavy atom. The van der Waals surface area contributed by atoms with E-state index >= 15 is 0 Å². The van der Waals surface area contributed by atoms with Crippen LogP contribution in [0.25, 0.3) is 0 Å². The SMILES string of the molecule is CC(O)CCC(O)C1CC1(F)F. The molecule has 1 rings (SSSR count). The summed E-state index contributed by atoms with van der Waals surface area (Å²) < 4.78 is 24.7. The van der Waals surface area contributed by atoms with Gasteiger partial charge in [0, 0.05) is 6.42 Å². The largest absolute Gasteiger partial charge is 0.393 e. The van der Waals surface area contributed by atoms with Crippen molar-refractivity contribution in [2.45, 2.75) is 44.3 Å². The molecule has 2 N–H and O–H groups in total. The number of aliphatic hydroxyl groups is 2. The van der Waals surface area contributed by atoms with Crippen molar-refractivity contribution >= 4 is 0 Å². The van der Waals surface area contributed by atoms with Crippen LogP contribution in [0.4, 0.5) is 8.78 Å². The van der Waals surface area contributed by atoms with Crippen LogP contribution in [0.1, 0.15) is 26.2 Å². The molecule has 0 saturated heterocycles. The third-order valence-electron chi connectivity index (χ3n) is 2.22. The normalized spacial score (nSPS) is 31.2. The van der Waals surface area contributed by atoms with E-state index in [2.05, 4.69) is 0 Å². The van der Waals surface area contributed by atoms with Gasteiger partial charge in [-0.05, 0) is 19.8 Å². The molecule has 72 valence electrons. The van der Waals surface area contributed by atoms with Crippen LogP contribution in [-0.2, 0) is 0 Å². The quantitative estimate of drug-likeness (QED) is 0.681. The van der Waals surface area contributed by atoms with E-state index in [1.54, 1.807) is 6.92 Å². The van der Waals surface area contributed by atoms with Crippen LogP contribution >= 0.6 is 0 Å². The molecule has 0 heterocycles. The molecule has 1 fully saturated rings. The Morgan fingerprint density at radius 2 is 1.92 bits per heavy atom. The summed E-state index contributed by atoms with van der Waals surface area (Å²) in [5.74, 6) is -3.52. The topological polar surface area (TPSA) is 40.5 Å². The van der Waals surface area contributed by atoms with Gasteiger partial charge in [-0.3, -0.25) is 0 Å². The summed E-state index contributed by atoms with van der Waals surface area (Å²) >= 11 is 0. The monoisotopic (exact) mass is 180 g/mol. The highest BCUT2D eigenvalue weighted by Crippen LogP contribution is 2.51. The number of alkyl halides is 2. The molecule has 3 unspecified atom stereocenters. The molecule has 0 radical (unpaired) electrons. The van der Waals surface area contributed by atoms with E-state index in [-0.39, 0.29) is 12.8 Å². The molecule has 0 bridgehead atoms. The molecule has 0 aromatic rings. The Bertz CT molecular complexity index is 159. The van der Waals surface area contributed by atoms with Crippen molar-refractivity contribution in [1.29, 1.82) is 0 Å². The molecule has 2 nitrogen and oxygen atoms in total. The highest BCUT2D eigenvalue weighted by atomic mass is 19.3. The van der Waals surface area contributed by atoms with Crippen molar-refractivity contribution in [1.82, 2.24) is 0 Å². The number of rotatable bonds is 4. The standard InChI is InChI=1S/C8H14F2O2/c1-5(11)2-3-7(12)6-4-8(6,9)10/h5-7,11-12H,2-4H2,1H3. The zero-order chi connectivity index (χ0) is 9.35. The molecule has 0 amide bonds. The lowest BCUT2D eigenvalue weighted by atomic mass is 10.1. The van der Waals surface area contributed by atoms with Crippen molar-refractivity contribution in [3.63, 3.8) is 0 Å². The minimum Gasteiger partial charge on any atom is -0.393 e. The van der Waals surface area contributed by atoms with Crippen LogP contribution < -0.4 is 0 Å². The lowest BCUT2D eigenvalue weighted by Crippen LogP contribution is -2.16. The van der Waals surface area contributed by atoms with Gasteiger partial charge in [0.25, 0.3) is 5.92 Å². The van der Waals surface area contributed by atoms with Crippen molar-refractivity contribution in [2.75, 3.05) is 0 Å². The fourth-order valence-electron chi connectivity index (χ4n) is 1.26. The van der Waals surface area contributed by atoms with E-state index in [1.165, 1.54) is 0 Å². The second-order valence-corrected chi connectivity index (χ2v) is 3.57. The number of aliphatic hydroxyl groups excluding tert-OH is 2. The zero-order valence-electron chi connectivity index (χ0n) is 7.00. The van der Waals surface area contributed by atoms with Gasteiger partial charge in [0.15, 0.2) is 0 Å². The molecular formula is C8H14F2O2. The first-order valence-electron chi connectivity index (χ1n) is 4.17. The minimum absolute atomic E-state index is 0.200. The molecule has 3 atom stereocenters. The Hall–Kier alpha value is -0.220. The number of halogens is 2. The van der Waals surface area contributed by atoms with Crippen LogP contribution in [0.2, 0.25) is 0 Å². The summed E-state index contributed by atoms with van der Waals surface area (Å²) in [7, 11) is 0. The summed E-state index contributed by atoms with van der Waals surface area (Å²) in [6.07, 6.45) is -1.03. The highest BCUT2D eigenvalue weighted by Gasteiger charge is 2.59. The Morgan fingerprint density at radius 3 is 2.25 bits per heavy atom. The maximum atomic E-state index is 12.3. The summed E-state index contributed by atoms with van der Waals surface area (Å²) in [6, 6.07) is 0. The maximum Gasteiger partial charge on any atom is 0.254 e. The van der Waals surface area contributed by atoms with Gasteiger partial charge in [-0.2, -0.15) is 0 Å². The van der Waals surface area contributed by atoms with Crippen molar-refractivity contribution in [2.24, 2.45) is 5.92 Å². The average Bonchev–Trinajstić information content (AvgIpc) is 2.55. The Labute approximate surface area is 70.2 Å². The lowest BCUT2D eigenvalue weighted by Gasteiger charge is -2.10. The van der Waals surface area contributed by atoms with Gasteiger partial charge in [0.2, 0.25) is 0 Å². The van der Waals surface area contributed by atoms with Gasteiger partial charge in [-0.25, -0.2) is 8.78 Å². The van der Waals surface area contributed by atoms with Crippen LogP contribution in [-0.4, -0.2) is 28.3 Å². The number of hydrogen-bond donors (Lipinski definition) is 2. The number of hydrogen-bond acceptors (Lipinski definition) is 2. The highest BCUT2D eigenvalue weighted by molar-refractivity contribution is 4.99. The maximum absolute atomic E-state index is 12.3. The molecule has 0 aromatic carbocycles. The van der Waals surface area contributed by atoms with Crippen molar-refractivity contribution in [3.05, 3.63) is 0 Å². The molecule has 1 aliphatic carbocycles. The predicted molar refractivity (Wildman–Crippen MR) is 40.0 cm³/mol. The molecule has 1 aliphatic rings. The predicted octanol–water partition coefficient (Wildman–Crippen LogP) is 1.16. The fraction of sp³-hybridized carbons (Fsp3) is 1.00. The first-order valence-corrected chi connectivity index (χ1v) is 4.17. The van der Waals surface area contributed by atoms with E-state index in [1.807, 2.05) is 0 Å². The summed E-state index contributed by atoms with van der Waals surface area (Å²) in [5, 5.41) is 18.0. The molecule has 12 heavy (non-hydrogen) atoms. The van der Waals surface area contributed by atoms with E-state index in [4.69, 9.17) is 5.11 Å². The summed E-state index contributed by atoms with van der Waals surface area (Å²) in [6.45, 7) is 1.58. The summed E-state index contributed by atoms with van der Waals surface area (Å²) in [5.41, 5.74) is 0. The van der Waals surface area contributed by atoms with Crippen LogP contribution in [0, 0.1) is 5.92 Å². The van der Waals surface area contributed by atoms with Gasteiger partial charge in [-0.1, -0.05) is 0 Å². The van der Waals surface area contributed by atoms with Crippen LogP contribution in [0.15, 0.2) is 0 Å². The third-order valence-corrected chi connectivity index (χ3v) is 2.22. The second kappa shape index (κ2) is 3.26. The van der Waals surface area contributed by atoms with Gasteiger partial charge < -0.3 is 10.2 Å². The molecule has 4 heteroatoms. The van der Waals surface area contributed by atoms with Gasteiger partial charge in [-0.15, -0.1) is 0 Å². The first kappa shape index (κ1) is 9.86. The Balaban J connectivity index is 2.18. The third kappa shape index (κ3) is 2.38. The van der Waals surface area contributed by atoms with Gasteiger partial charge in [0.05, 0.1) is 18.1 Å². The molecule has 0 spiro atoms. The molecule has 1 saturated carbocycles. The zero-order valence-corrected chi connectivity index (χ0v) is 7.00. The van der Waals surface area contributed by atoms with E-state index in [0.717, 1.165) is 0 Å². The van der Waals surface area contributed by atoms with E-state index in [0.29, 0.717) is 6.42 Å². The van der Waals surface area contributed by atoms with E-state index in [9.17, 15) is 13.9 Å². The van der Waals surface area contributed by atoms with E-state index < -0.39 is 24.0 Å². The lowest BCUT2D eigenvalue weighted by molar-refractivity contribution is 0.0379. The smallest absolute Gasteiger partial charge is 0.254 e. The van der Waals surface area contributed by atoms with Crippen LogP contribution in [0.5, 0.6) is 0 Å². The molecule has 0 aromatic heterocycles. The molecular weight excluding hydrogens is 166 g/mol. The van der Waals surface area contributed by atoms with Crippen molar-refractivity contribution < 1.29 is 19.0 Å². The first-order chi connectivity index (χ1) is 5.43. The van der Waals surface area contributed by atoms with Gasteiger partial charge in [0.1, 0.15) is 0 Å². The minimum atomic E-state index is -2.65. The average molecular weight is 180 g/mol. The summed E-state index contributed by atoms with van der Waals surface area (Å²) in [4.78, 5) is 0. The second-order valence-electron chi connectivity index (χ2n) is 3.57. The molecule has 0 aliphatic heterocycles. The van der Waals surface area contributed by atoms with Crippen molar-refractivity contribution in [3.8, 4) is 0 Å². The fourth-order valence-corrected chi connectivity index (χ4v) is 1.26.